The van der Waals surface area contributed by atoms with Crippen LogP contribution in [0, 0.1) is 11.3 Å². The smallest absolute Gasteiger partial charge is 0.469 e. The third kappa shape index (κ3) is 14.7. The van der Waals surface area contributed by atoms with Crippen molar-refractivity contribution in [1.82, 2.24) is 19.6 Å². The number of anilines is 1. The lowest BCUT2D eigenvalue weighted by molar-refractivity contribution is -0.0645. The molecule has 1 saturated heterocycles. The second kappa shape index (κ2) is 24.4. The monoisotopic (exact) mass is 815 g/mol. The molecule has 0 saturated carbocycles. The predicted molar refractivity (Wildman–Crippen MR) is 216 cm³/mol. The zero-order valence-electron chi connectivity index (χ0n) is 33.5. The molecule has 17 heteroatoms. The van der Waals surface area contributed by atoms with Crippen molar-refractivity contribution >= 4 is 25.4 Å². The molecule has 3 aromatic rings. The summed E-state index contributed by atoms with van der Waals surface area (Å²) in [4.78, 5) is 22.8. The summed E-state index contributed by atoms with van der Waals surface area (Å²) in [6.45, 7) is 1.59. The van der Waals surface area contributed by atoms with Crippen molar-refractivity contribution in [2.45, 2.75) is 140 Å². The quantitative estimate of drug-likeness (QED) is 0.0326. The fourth-order valence-corrected chi connectivity index (χ4v) is 7.72. The average molecular weight is 816 g/mol. The average Bonchev–Trinajstić information content (AvgIpc) is 3.74. The highest BCUT2D eigenvalue weighted by atomic mass is 31.2. The van der Waals surface area contributed by atoms with E-state index < -0.39 is 51.1 Å². The number of nitrogens with zero attached hydrogens (tertiary/aromatic N) is 6. The van der Waals surface area contributed by atoms with Gasteiger partial charge in [0.25, 0.3) is 0 Å². The van der Waals surface area contributed by atoms with Crippen molar-refractivity contribution in [1.29, 1.82) is 5.26 Å². The molecule has 0 aromatic carbocycles. The van der Waals surface area contributed by atoms with Gasteiger partial charge < -0.3 is 35.1 Å². The number of aromatic nitrogens is 4. The van der Waals surface area contributed by atoms with Crippen LogP contribution in [0.25, 0.3) is 5.52 Å². The molecule has 1 aliphatic heterocycles. The largest absolute Gasteiger partial charge is 0.472 e. The number of aliphatic hydroxyl groups is 2. The third-order valence-corrected chi connectivity index (χ3v) is 11.0. The van der Waals surface area contributed by atoms with Gasteiger partial charge in [0.1, 0.15) is 48.0 Å². The number of pyridine rings is 1. The van der Waals surface area contributed by atoms with Gasteiger partial charge in [-0.1, -0.05) is 109 Å². The number of hydrogen-bond acceptors (Lipinski definition) is 14. The second-order valence-corrected chi connectivity index (χ2v) is 16.1. The molecule has 0 amide bonds. The SMILES string of the molecule is CCCCCCCCCCCCCCCCCCOCC(COP(=O)(O)OC[C@@]1(/C=N\C)O[C@@H](c2ccc3c(N)ncnn23)[C@H](O)[C@@H]1O)Oc1cccc(C#N)n1. The van der Waals surface area contributed by atoms with Crippen LogP contribution in [0.15, 0.2) is 41.7 Å². The first-order valence-corrected chi connectivity index (χ1v) is 21.9. The van der Waals surface area contributed by atoms with Gasteiger partial charge in [-0.25, -0.2) is 19.0 Å². The number of rotatable bonds is 29. The Morgan fingerprint density at radius 3 is 2.26 bits per heavy atom. The molecule has 4 rings (SSSR count). The lowest BCUT2D eigenvalue weighted by Crippen LogP contribution is -2.48. The summed E-state index contributed by atoms with van der Waals surface area (Å²) in [5, 5.41) is 35.7. The van der Waals surface area contributed by atoms with Gasteiger partial charge in [0.05, 0.1) is 25.5 Å². The Bertz CT molecular complexity index is 1740. The Balaban J connectivity index is 1.21. The van der Waals surface area contributed by atoms with Crippen LogP contribution in [0.2, 0.25) is 0 Å². The fourth-order valence-electron chi connectivity index (χ4n) is 6.93. The number of phosphoric ester groups is 1. The minimum absolute atomic E-state index is 0.0126. The van der Waals surface area contributed by atoms with E-state index in [4.69, 9.17) is 29.0 Å². The topological polar surface area (TPSA) is 229 Å². The van der Waals surface area contributed by atoms with Gasteiger partial charge >= 0.3 is 7.82 Å². The van der Waals surface area contributed by atoms with Gasteiger partial charge in [0, 0.05) is 25.9 Å². The van der Waals surface area contributed by atoms with Crippen molar-refractivity contribution in [2.75, 3.05) is 39.2 Å². The second-order valence-electron chi connectivity index (χ2n) is 14.6. The maximum atomic E-state index is 13.2. The van der Waals surface area contributed by atoms with Crippen molar-refractivity contribution in [3.05, 3.63) is 48.0 Å². The molecule has 0 radical (unpaired) electrons. The number of aliphatic hydroxyl groups excluding tert-OH is 2. The van der Waals surface area contributed by atoms with Gasteiger partial charge in [-0.15, -0.1) is 0 Å². The van der Waals surface area contributed by atoms with E-state index in [1.165, 1.54) is 114 Å². The molecule has 6 atom stereocenters. The van der Waals surface area contributed by atoms with Gasteiger partial charge in [-0.3, -0.25) is 14.0 Å². The molecule has 3 aromatic heterocycles. The molecule has 1 aliphatic rings. The Morgan fingerprint density at radius 1 is 0.982 bits per heavy atom. The van der Waals surface area contributed by atoms with Crippen LogP contribution >= 0.6 is 7.82 Å². The zero-order chi connectivity index (χ0) is 40.9. The Hall–Kier alpha value is -3.52. The number of ether oxygens (including phenoxy) is 3. The molecule has 1 fully saturated rings. The summed E-state index contributed by atoms with van der Waals surface area (Å²) >= 11 is 0. The van der Waals surface area contributed by atoms with E-state index in [-0.39, 0.29) is 24.0 Å². The highest BCUT2D eigenvalue weighted by Gasteiger charge is 2.55. The van der Waals surface area contributed by atoms with Gasteiger partial charge in [-0.05, 0) is 24.6 Å². The standard InChI is InChI=1S/C40H62N7O9P/c1-3-4-5-6-7-8-9-10-11-12-13-14-15-16-17-18-24-52-26-32(55-35-21-19-20-31(25-41)46-35)27-53-57(50,51)54-29-40(28-43-2)38(49)36(48)37(56-40)33-22-23-34-39(42)44-30-45-47(33)34/h19-23,28,30,32,36-38,48-49H,3-18,24,26-27,29H2,1-2H3,(H,50,51)(H2,42,44,45)/b43-28-/t32?,36-,37-,38-,40+/m0/s1. The molecule has 5 N–H and O–H groups in total. The Kier molecular flexibility index (Phi) is 19.8. The van der Waals surface area contributed by atoms with Gasteiger partial charge in [0.15, 0.2) is 11.4 Å². The van der Waals surface area contributed by atoms with E-state index in [9.17, 15) is 24.9 Å². The first-order chi connectivity index (χ1) is 27.6. The molecule has 0 bridgehead atoms. The number of phosphoric acid groups is 1. The van der Waals surface area contributed by atoms with E-state index in [0.29, 0.717) is 17.8 Å². The molecular weight excluding hydrogens is 753 g/mol. The summed E-state index contributed by atoms with van der Waals surface area (Å²) in [5.74, 6) is 0.321. The van der Waals surface area contributed by atoms with E-state index in [1.807, 2.05) is 6.07 Å². The van der Waals surface area contributed by atoms with E-state index in [0.717, 1.165) is 19.3 Å². The molecule has 0 spiro atoms. The van der Waals surface area contributed by atoms with Crippen LogP contribution in [0.1, 0.15) is 127 Å². The normalized spacial score (nSPS) is 21.2. The summed E-state index contributed by atoms with van der Waals surface area (Å²) < 4.78 is 43.2. The minimum Gasteiger partial charge on any atom is -0.469 e. The number of nitrogens with two attached hydrogens (primary N) is 1. The maximum absolute atomic E-state index is 13.2. The fraction of sp³-hybridized carbons (Fsp3) is 0.675. The zero-order valence-corrected chi connectivity index (χ0v) is 34.4. The predicted octanol–water partition coefficient (Wildman–Crippen LogP) is 6.67. The van der Waals surface area contributed by atoms with Crippen LogP contribution in [-0.4, -0.2) is 98.3 Å². The van der Waals surface area contributed by atoms with E-state index in [2.05, 4.69) is 27.0 Å². The molecule has 316 valence electrons. The highest BCUT2D eigenvalue weighted by Crippen LogP contribution is 2.47. The summed E-state index contributed by atoms with van der Waals surface area (Å²) in [5.41, 5.74) is 5.07. The number of nitriles is 1. The molecule has 2 unspecified atom stereocenters. The number of fused-ring (bicyclic) bond motifs is 1. The van der Waals surface area contributed by atoms with Crippen LogP contribution in [0.4, 0.5) is 5.82 Å². The van der Waals surface area contributed by atoms with Crippen molar-refractivity contribution in [3.63, 3.8) is 0 Å². The molecule has 57 heavy (non-hydrogen) atoms. The first-order valence-electron chi connectivity index (χ1n) is 20.4. The van der Waals surface area contributed by atoms with Gasteiger partial charge in [-0.2, -0.15) is 10.4 Å². The number of aliphatic imine (C=N–C) groups is 1. The lowest BCUT2D eigenvalue weighted by Gasteiger charge is -2.28. The number of nitrogen functional groups attached to an aromatic ring is 1. The minimum atomic E-state index is -4.82. The Labute approximate surface area is 336 Å². The van der Waals surface area contributed by atoms with Crippen molar-refractivity contribution < 1.29 is 42.9 Å². The van der Waals surface area contributed by atoms with Crippen LogP contribution in [0.5, 0.6) is 5.88 Å². The van der Waals surface area contributed by atoms with Crippen LogP contribution in [0.3, 0.4) is 0 Å². The molecule has 16 nitrogen and oxygen atoms in total. The summed E-state index contributed by atoms with van der Waals surface area (Å²) in [6, 6.07) is 9.91. The highest BCUT2D eigenvalue weighted by molar-refractivity contribution is 7.47. The summed E-state index contributed by atoms with van der Waals surface area (Å²) in [7, 11) is -3.40. The van der Waals surface area contributed by atoms with Crippen LogP contribution in [-0.2, 0) is 23.1 Å². The number of hydrogen-bond donors (Lipinski definition) is 4. The maximum Gasteiger partial charge on any atom is 0.472 e. The van der Waals surface area contributed by atoms with E-state index in [1.54, 1.807) is 24.3 Å². The third-order valence-electron chi connectivity index (χ3n) is 10.1. The summed E-state index contributed by atoms with van der Waals surface area (Å²) in [6.07, 6.45) is 17.6. The van der Waals surface area contributed by atoms with Crippen molar-refractivity contribution in [2.24, 2.45) is 4.99 Å². The van der Waals surface area contributed by atoms with Gasteiger partial charge in [0.2, 0.25) is 5.88 Å². The molecular formula is C40H62N7O9P. The van der Waals surface area contributed by atoms with Crippen LogP contribution < -0.4 is 10.5 Å². The first kappa shape index (κ1) is 46.2. The van der Waals surface area contributed by atoms with E-state index >= 15 is 0 Å². The number of unbranched alkanes of at least 4 members (excludes halogenated alkanes) is 15. The van der Waals surface area contributed by atoms with Crippen molar-refractivity contribution in [3.8, 4) is 11.9 Å². The Morgan fingerprint density at radius 2 is 1.63 bits per heavy atom. The molecule has 4 heterocycles. The molecule has 0 aliphatic carbocycles. The lowest BCUT2D eigenvalue weighted by atomic mass is 9.96.